The molecule has 0 saturated heterocycles. The van der Waals surface area contributed by atoms with Crippen LogP contribution in [0.15, 0.2) is 12.7 Å². The van der Waals surface area contributed by atoms with Crippen LogP contribution >= 0.6 is 0 Å². The molecule has 0 aliphatic rings. The van der Waals surface area contributed by atoms with E-state index in [1.54, 1.807) is 6.92 Å². The van der Waals surface area contributed by atoms with E-state index in [1.165, 1.54) is 13.1 Å². The van der Waals surface area contributed by atoms with Gasteiger partial charge in [-0.3, -0.25) is 0 Å². The van der Waals surface area contributed by atoms with Crippen molar-refractivity contribution in [3.05, 3.63) is 12.7 Å². The highest BCUT2D eigenvalue weighted by atomic mass is 14.4. The van der Waals surface area contributed by atoms with Crippen molar-refractivity contribution in [2.45, 2.75) is 20.8 Å². The number of hydrogen-bond acceptors (Lipinski definition) is 2. The van der Waals surface area contributed by atoms with E-state index in [-0.39, 0.29) is 0 Å². The second-order valence-corrected chi connectivity index (χ2v) is 0.887. The fourth-order valence-electron chi connectivity index (χ4n) is 0. The van der Waals surface area contributed by atoms with Crippen molar-refractivity contribution in [2.75, 3.05) is 7.05 Å². The summed E-state index contributed by atoms with van der Waals surface area (Å²) < 4.78 is 0. The van der Waals surface area contributed by atoms with Crippen LogP contribution in [0.2, 0.25) is 0 Å². The van der Waals surface area contributed by atoms with E-state index < -0.39 is 0 Å². The Hall–Kier alpha value is -0.630. The van der Waals surface area contributed by atoms with Crippen LogP contribution in [0.1, 0.15) is 20.8 Å². The van der Waals surface area contributed by atoms with Gasteiger partial charge in [0.05, 0.1) is 0 Å². The summed E-state index contributed by atoms with van der Waals surface area (Å²) in [5, 5.41) is 6.62. The van der Waals surface area contributed by atoms with Gasteiger partial charge in [-0.1, -0.05) is 20.4 Å². The van der Waals surface area contributed by atoms with Gasteiger partial charge in [0, 0.05) is 5.71 Å². The molecule has 0 radical (unpaired) electrons. The van der Waals surface area contributed by atoms with E-state index in [4.69, 9.17) is 5.41 Å². The van der Waals surface area contributed by atoms with E-state index in [0.29, 0.717) is 5.71 Å². The first-order valence-electron chi connectivity index (χ1n) is 3.02. The number of nitrogens with one attached hydrogen (secondary N) is 1. The molecule has 0 aliphatic carbocycles. The summed E-state index contributed by atoms with van der Waals surface area (Å²) in [6.45, 7) is 9.02. The van der Waals surface area contributed by atoms with Crippen LogP contribution in [0.25, 0.3) is 0 Å². The summed E-state index contributed by atoms with van der Waals surface area (Å²) >= 11 is 0. The molecule has 9 heavy (non-hydrogen) atoms. The quantitative estimate of drug-likeness (QED) is 0.522. The zero-order valence-electron chi connectivity index (χ0n) is 6.86. The maximum atomic E-state index is 6.62. The monoisotopic (exact) mass is 130 g/mol. The first-order chi connectivity index (χ1) is 4.27. The summed E-state index contributed by atoms with van der Waals surface area (Å²) in [6, 6.07) is 0. The molecule has 0 aromatic heterocycles. The van der Waals surface area contributed by atoms with E-state index in [9.17, 15) is 0 Å². The van der Waals surface area contributed by atoms with Gasteiger partial charge in [0.2, 0.25) is 0 Å². The minimum Gasteiger partial charge on any atom is -0.333 e. The normalized spacial score (nSPS) is 5.00. The molecule has 2 heteroatoms. The van der Waals surface area contributed by atoms with Crippen LogP contribution in [0, 0.1) is 5.41 Å². The van der Waals surface area contributed by atoms with Gasteiger partial charge < -0.3 is 11.1 Å². The molecule has 0 fully saturated rings. The molecule has 0 unspecified atom stereocenters. The molecule has 0 rings (SSSR count). The Bertz CT molecular complexity index is 57.9. The third-order valence-corrected chi connectivity index (χ3v) is 0.306. The molecule has 0 amide bonds. The zero-order valence-corrected chi connectivity index (χ0v) is 6.86. The molecule has 3 N–H and O–H groups in total. The predicted molar refractivity (Wildman–Crippen MR) is 45.1 cm³/mol. The molecule has 0 saturated carbocycles. The summed E-state index contributed by atoms with van der Waals surface area (Å²) in [7, 11) is 1.50. The highest BCUT2D eigenvalue weighted by molar-refractivity contribution is 5.89. The smallest absolute Gasteiger partial charge is 0.0277 e. The van der Waals surface area contributed by atoms with E-state index >= 15 is 0 Å². The van der Waals surface area contributed by atoms with Gasteiger partial charge in [0.1, 0.15) is 0 Å². The standard InChI is InChI=1S/C4H7N.C2H6.CH5N/c1-3-4(2)5;2*1-2/h3,5H,1H2,2H3;1-2H3;2H2,1H3. The highest BCUT2D eigenvalue weighted by Gasteiger charge is 1.62. The van der Waals surface area contributed by atoms with Gasteiger partial charge in [0.15, 0.2) is 0 Å². The number of hydrogen-bond donors (Lipinski definition) is 2. The predicted octanol–water partition coefficient (Wildman–Crippen LogP) is 1.81. The lowest BCUT2D eigenvalue weighted by atomic mass is 10.4. The van der Waals surface area contributed by atoms with Crippen molar-refractivity contribution in [3.8, 4) is 0 Å². The van der Waals surface area contributed by atoms with Crippen molar-refractivity contribution in [2.24, 2.45) is 5.73 Å². The Morgan fingerprint density at radius 2 is 1.56 bits per heavy atom. The highest BCUT2D eigenvalue weighted by Crippen LogP contribution is 1.62. The molecule has 0 spiro atoms. The molecule has 0 heterocycles. The van der Waals surface area contributed by atoms with Gasteiger partial charge in [-0.05, 0) is 20.0 Å². The first-order valence-corrected chi connectivity index (χ1v) is 3.02. The fraction of sp³-hybridized carbons (Fsp3) is 0.571. The Morgan fingerprint density at radius 3 is 1.56 bits per heavy atom. The number of rotatable bonds is 1. The maximum Gasteiger partial charge on any atom is 0.0277 e. The Morgan fingerprint density at radius 1 is 1.44 bits per heavy atom. The minimum absolute atomic E-state index is 0.519. The van der Waals surface area contributed by atoms with Gasteiger partial charge in [-0.15, -0.1) is 0 Å². The molecular formula is C7H18N2. The summed E-state index contributed by atoms with van der Waals surface area (Å²) in [6.07, 6.45) is 1.50. The molecule has 0 aromatic carbocycles. The van der Waals surface area contributed by atoms with E-state index in [1.807, 2.05) is 13.8 Å². The van der Waals surface area contributed by atoms with Crippen LogP contribution in [-0.2, 0) is 0 Å². The lowest BCUT2D eigenvalue weighted by Gasteiger charge is -1.69. The lowest BCUT2D eigenvalue weighted by Crippen LogP contribution is -1.72. The van der Waals surface area contributed by atoms with Crippen molar-refractivity contribution < 1.29 is 0 Å². The van der Waals surface area contributed by atoms with Crippen molar-refractivity contribution in [1.82, 2.24) is 0 Å². The van der Waals surface area contributed by atoms with Crippen LogP contribution in [0.5, 0.6) is 0 Å². The first kappa shape index (κ1) is 15.8. The molecule has 2 nitrogen and oxygen atoms in total. The maximum absolute atomic E-state index is 6.62. The van der Waals surface area contributed by atoms with Crippen LogP contribution in [0.3, 0.4) is 0 Å². The number of nitrogens with two attached hydrogens (primary N) is 1. The Kier molecular flexibility index (Phi) is 46.1. The lowest BCUT2D eigenvalue weighted by molar-refractivity contribution is 1.48. The SMILES string of the molecule is C=CC(C)=N.CC.CN. The fourth-order valence-corrected chi connectivity index (χ4v) is 0. The second-order valence-electron chi connectivity index (χ2n) is 0.887. The molecule has 56 valence electrons. The minimum atomic E-state index is 0.519. The average Bonchev–Trinajstić information content (AvgIpc) is 1.97. The summed E-state index contributed by atoms with van der Waals surface area (Å²) in [4.78, 5) is 0. The molecule has 0 bridgehead atoms. The third kappa shape index (κ3) is 113. The Labute approximate surface area is 58.3 Å². The Balaban J connectivity index is -0.0000000771. The van der Waals surface area contributed by atoms with Gasteiger partial charge in [-0.2, -0.15) is 0 Å². The molecule has 0 atom stereocenters. The van der Waals surface area contributed by atoms with Gasteiger partial charge >= 0.3 is 0 Å². The van der Waals surface area contributed by atoms with Crippen molar-refractivity contribution in [3.63, 3.8) is 0 Å². The average molecular weight is 130 g/mol. The molecular weight excluding hydrogens is 112 g/mol. The topological polar surface area (TPSA) is 49.9 Å². The van der Waals surface area contributed by atoms with Crippen LogP contribution in [-0.4, -0.2) is 12.8 Å². The summed E-state index contributed by atoms with van der Waals surface area (Å²) in [5.41, 5.74) is 5.02. The number of allylic oxidation sites excluding steroid dienone is 1. The largest absolute Gasteiger partial charge is 0.333 e. The van der Waals surface area contributed by atoms with Crippen LogP contribution in [0.4, 0.5) is 0 Å². The molecule has 0 aliphatic heterocycles. The van der Waals surface area contributed by atoms with Gasteiger partial charge in [0.25, 0.3) is 0 Å². The van der Waals surface area contributed by atoms with Crippen LogP contribution < -0.4 is 5.73 Å². The third-order valence-electron chi connectivity index (χ3n) is 0.306. The summed E-state index contributed by atoms with van der Waals surface area (Å²) in [5.74, 6) is 0. The zero-order chi connectivity index (χ0) is 8.28. The van der Waals surface area contributed by atoms with E-state index in [0.717, 1.165) is 0 Å². The van der Waals surface area contributed by atoms with E-state index in [2.05, 4.69) is 12.3 Å². The molecule has 0 aromatic rings. The van der Waals surface area contributed by atoms with Crippen molar-refractivity contribution in [1.29, 1.82) is 5.41 Å². The second kappa shape index (κ2) is 26.3. The van der Waals surface area contributed by atoms with Gasteiger partial charge in [-0.25, -0.2) is 0 Å². The van der Waals surface area contributed by atoms with Crippen molar-refractivity contribution >= 4 is 5.71 Å².